The van der Waals surface area contributed by atoms with Gasteiger partial charge in [-0.05, 0) is 12.1 Å². The van der Waals surface area contributed by atoms with Gasteiger partial charge in [0.2, 0.25) is 5.78 Å². The molecule has 9 heteroatoms. The van der Waals surface area contributed by atoms with E-state index in [-0.39, 0.29) is 21.9 Å². The fraction of sp³-hybridized carbons (Fsp3) is 0.278. The number of nitrogens with two attached hydrogens (primary N) is 1. The van der Waals surface area contributed by atoms with Crippen LogP contribution in [0.5, 0.6) is 11.5 Å². The van der Waals surface area contributed by atoms with Crippen molar-refractivity contribution in [1.82, 2.24) is 0 Å². The molecule has 1 saturated heterocycles. The lowest BCUT2D eigenvalue weighted by Gasteiger charge is -2.09. The summed E-state index contributed by atoms with van der Waals surface area (Å²) in [5.41, 5.74) is 6.55. The van der Waals surface area contributed by atoms with Crippen LogP contribution >= 0.6 is 11.3 Å². The van der Waals surface area contributed by atoms with Gasteiger partial charge >= 0.3 is 5.97 Å². The van der Waals surface area contributed by atoms with Crippen molar-refractivity contribution in [2.24, 2.45) is 0 Å². The Morgan fingerprint density at radius 2 is 2.19 bits per heavy atom. The second kappa shape index (κ2) is 7.55. The van der Waals surface area contributed by atoms with Crippen LogP contribution < -0.4 is 20.5 Å². The molecule has 0 bridgehead atoms. The number of nitrogens with zero attached hydrogens (tertiary/aromatic N) is 1. The molecule has 1 aromatic heterocycles. The molecule has 3 N–H and O–H groups in total. The summed E-state index contributed by atoms with van der Waals surface area (Å²) < 4.78 is 15.3. The minimum atomic E-state index is -0.561. The molecule has 2 aromatic rings. The van der Waals surface area contributed by atoms with Crippen LogP contribution in [0.15, 0.2) is 18.2 Å². The second-order valence-corrected chi connectivity index (χ2v) is 6.73. The Labute approximate surface area is 159 Å². The molecule has 1 unspecified atom stereocenters. The minimum absolute atomic E-state index is 0.0687. The molecule has 2 heterocycles. The summed E-state index contributed by atoms with van der Waals surface area (Å²) in [7, 11) is 2.96. The molecule has 0 amide bonds. The Hall–Kier alpha value is -3.25. The van der Waals surface area contributed by atoms with Crippen LogP contribution in [0.3, 0.4) is 0 Å². The van der Waals surface area contributed by atoms with Crippen molar-refractivity contribution in [2.45, 2.75) is 12.5 Å². The van der Waals surface area contributed by atoms with Crippen LogP contribution in [0.4, 0.5) is 10.7 Å². The van der Waals surface area contributed by atoms with Crippen molar-refractivity contribution in [3.63, 3.8) is 0 Å². The number of hydrogen-bond donors (Lipinski definition) is 2. The third-order valence-electron chi connectivity index (χ3n) is 4.16. The third kappa shape index (κ3) is 3.39. The van der Waals surface area contributed by atoms with E-state index in [4.69, 9.17) is 19.9 Å². The number of nitrogens with one attached hydrogen (secondary N) is 1. The van der Waals surface area contributed by atoms with E-state index in [0.717, 1.165) is 11.3 Å². The van der Waals surface area contributed by atoms with Crippen LogP contribution in [0.2, 0.25) is 0 Å². The number of nitriles is 1. The number of methoxy groups -OCH3 is 2. The number of cyclic esters (lactones) is 1. The number of ketones is 1. The van der Waals surface area contributed by atoms with Gasteiger partial charge in [-0.15, -0.1) is 11.3 Å². The molecule has 0 saturated carbocycles. The van der Waals surface area contributed by atoms with E-state index in [0.29, 0.717) is 35.1 Å². The van der Waals surface area contributed by atoms with Crippen molar-refractivity contribution >= 4 is 33.8 Å². The number of carbonyl (C=O) groups excluding carboxylic acids is 2. The standard InChI is InChI=1S/C18H17N3O5S/c1-24-9-3-4-10(13(7-9)25-2)15(22)16-14(20)11(8-19)17(27-16)21-12-5-6-26-18(12)23/h3-4,7,12,21H,5-6,20H2,1-2H3. The maximum absolute atomic E-state index is 13.0. The van der Waals surface area contributed by atoms with E-state index in [2.05, 4.69) is 5.32 Å². The SMILES string of the molecule is COc1ccc(C(=O)c2sc(NC3CCOC3=O)c(C#N)c2N)c(OC)c1. The van der Waals surface area contributed by atoms with Crippen molar-refractivity contribution in [2.75, 3.05) is 31.9 Å². The average molecular weight is 387 g/mol. The summed E-state index contributed by atoms with van der Waals surface area (Å²) in [6, 6.07) is 6.24. The third-order valence-corrected chi connectivity index (χ3v) is 5.29. The normalized spacial score (nSPS) is 15.7. The quantitative estimate of drug-likeness (QED) is 0.571. The largest absolute Gasteiger partial charge is 0.497 e. The van der Waals surface area contributed by atoms with Gasteiger partial charge < -0.3 is 25.3 Å². The number of anilines is 2. The first-order valence-corrected chi connectivity index (χ1v) is 8.84. The highest BCUT2D eigenvalue weighted by molar-refractivity contribution is 7.19. The highest BCUT2D eigenvalue weighted by Crippen LogP contribution is 2.39. The predicted molar refractivity (Wildman–Crippen MR) is 99.4 cm³/mol. The number of thiophene rings is 1. The first kappa shape index (κ1) is 18.5. The molecule has 8 nitrogen and oxygen atoms in total. The maximum atomic E-state index is 13.0. The fourth-order valence-corrected chi connectivity index (χ4v) is 3.80. The summed E-state index contributed by atoms with van der Waals surface area (Å²) in [5, 5.41) is 12.8. The van der Waals surface area contributed by atoms with Gasteiger partial charge in [-0.2, -0.15) is 5.26 Å². The molecule has 1 aromatic carbocycles. The Kier molecular flexibility index (Phi) is 5.19. The Morgan fingerprint density at radius 3 is 2.78 bits per heavy atom. The zero-order chi connectivity index (χ0) is 19.6. The van der Waals surface area contributed by atoms with Gasteiger partial charge in [0.15, 0.2) is 0 Å². The van der Waals surface area contributed by atoms with E-state index < -0.39 is 12.0 Å². The summed E-state index contributed by atoms with van der Waals surface area (Å²) in [4.78, 5) is 24.9. The summed E-state index contributed by atoms with van der Waals surface area (Å²) >= 11 is 1.03. The first-order chi connectivity index (χ1) is 13.0. The monoisotopic (exact) mass is 387 g/mol. The molecule has 0 spiro atoms. The van der Waals surface area contributed by atoms with Crippen LogP contribution in [-0.4, -0.2) is 38.6 Å². The number of nitrogen functional groups attached to an aromatic ring is 1. The molecule has 27 heavy (non-hydrogen) atoms. The van der Waals surface area contributed by atoms with Crippen LogP contribution in [-0.2, 0) is 9.53 Å². The van der Waals surface area contributed by atoms with Gasteiger partial charge in [0.25, 0.3) is 0 Å². The summed E-state index contributed by atoms with van der Waals surface area (Å²) in [6.45, 7) is 0.314. The van der Waals surface area contributed by atoms with Gasteiger partial charge in [0.1, 0.15) is 39.1 Å². The Bertz CT molecular complexity index is 947. The average Bonchev–Trinajstić information content (AvgIpc) is 3.23. The number of hydrogen-bond acceptors (Lipinski definition) is 9. The first-order valence-electron chi connectivity index (χ1n) is 8.02. The minimum Gasteiger partial charge on any atom is -0.497 e. The predicted octanol–water partition coefficient (Wildman–Crippen LogP) is 2.18. The van der Waals surface area contributed by atoms with Gasteiger partial charge in [-0.3, -0.25) is 4.79 Å². The van der Waals surface area contributed by atoms with Crippen molar-refractivity contribution in [3.8, 4) is 17.6 Å². The van der Waals surface area contributed by atoms with Crippen molar-refractivity contribution in [3.05, 3.63) is 34.2 Å². The Balaban J connectivity index is 1.98. The number of ether oxygens (including phenoxy) is 3. The molecule has 1 aliphatic rings. The zero-order valence-corrected chi connectivity index (χ0v) is 15.5. The topological polar surface area (TPSA) is 124 Å². The highest BCUT2D eigenvalue weighted by atomic mass is 32.1. The lowest BCUT2D eigenvalue weighted by molar-refractivity contribution is -0.138. The maximum Gasteiger partial charge on any atom is 0.328 e. The van der Waals surface area contributed by atoms with Gasteiger partial charge in [0, 0.05) is 12.5 Å². The van der Waals surface area contributed by atoms with E-state index in [9.17, 15) is 14.9 Å². The fourth-order valence-electron chi connectivity index (χ4n) is 2.72. The lowest BCUT2D eigenvalue weighted by atomic mass is 10.1. The number of carbonyl (C=O) groups is 2. The van der Waals surface area contributed by atoms with Crippen molar-refractivity contribution in [1.29, 1.82) is 5.26 Å². The van der Waals surface area contributed by atoms with Gasteiger partial charge in [-0.25, -0.2) is 4.79 Å². The van der Waals surface area contributed by atoms with Gasteiger partial charge in [0.05, 0.1) is 32.1 Å². The van der Waals surface area contributed by atoms with Gasteiger partial charge in [-0.1, -0.05) is 0 Å². The number of benzene rings is 1. The van der Waals surface area contributed by atoms with Crippen LogP contribution in [0.1, 0.15) is 27.2 Å². The summed E-state index contributed by atoms with van der Waals surface area (Å²) in [5.74, 6) is 0.105. The second-order valence-electron chi connectivity index (χ2n) is 5.71. The number of esters is 1. The van der Waals surface area contributed by atoms with E-state index in [1.54, 1.807) is 18.2 Å². The summed E-state index contributed by atoms with van der Waals surface area (Å²) in [6.07, 6.45) is 0.483. The van der Waals surface area contributed by atoms with E-state index >= 15 is 0 Å². The van der Waals surface area contributed by atoms with Crippen LogP contribution in [0.25, 0.3) is 0 Å². The molecule has 0 radical (unpaired) electrons. The lowest BCUT2D eigenvalue weighted by Crippen LogP contribution is -2.24. The smallest absolute Gasteiger partial charge is 0.328 e. The number of rotatable bonds is 6. The molecule has 140 valence electrons. The molecule has 3 rings (SSSR count). The molecule has 1 atom stereocenters. The molecule has 1 fully saturated rings. The van der Waals surface area contributed by atoms with Crippen LogP contribution in [0, 0.1) is 11.3 Å². The zero-order valence-electron chi connectivity index (χ0n) is 14.7. The van der Waals surface area contributed by atoms with Crippen molar-refractivity contribution < 1.29 is 23.8 Å². The Morgan fingerprint density at radius 1 is 1.41 bits per heavy atom. The molecule has 0 aliphatic carbocycles. The van der Waals surface area contributed by atoms with E-state index in [1.165, 1.54) is 14.2 Å². The van der Waals surface area contributed by atoms with E-state index in [1.807, 2.05) is 6.07 Å². The highest BCUT2D eigenvalue weighted by Gasteiger charge is 2.30. The molecular weight excluding hydrogens is 370 g/mol. The molecular formula is C18H17N3O5S. The molecule has 1 aliphatic heterocycles.